The van der Waals surface area contributed by atoms with Crippen molar-refractivity contribution in [3.05, 3.63) is 10.1 Å². The molecule has 0 fully saturated rings. The van der Waals surface area contributed by atoms with Gasteiger partial charge in [-0.15, -0.1) is 20.4 Å². The number of hydrazine groups is 1. The number of aromatic nitrogens is 4. The lowest BCUT2D eigenvalue weighted by atomic mass is 10.4. The van der Waals surface area contributed by atoms with E-state index in [2.05, 4.69) is 25.7 Å². The zero-order valence-corrected chi connectivity index (χ0v) is 10.2. The molecule has 0 spiro atoms. The van der Waals surface area contributed by atoms with E-state index in [1.807, 2.05) is 13.8 Å². The first-order valence-electron chi connectivity index (χ1n) is 5.19. The van der Waals surface area contributed by atoms with E-state index in [0.717, 1.165) is 5.01 Å². The largest absolute Gasteiger partial charge is 0.349 e. The molecule has 0 aliphatic carbocycles. The Kier molecular flexibility index (Phi) is 4.07. The zero-order chi connectivity index (χ0) is 13.0. The molecule has 0 amide bonds. The van der Waals surface area contributed by atoms with Gasteiger partial charge in [0.25, 0.3) is 5.95 Å². The number of nitrogens with zero attached hydrogens (tertiary/aromatic N) is 6. The van der Waals surface area contributed by atoms with Crippen molar-refractivity contribution in [2.24, 2.45) is 0 Å². The summed E-state index contributed by atoms with van der Waals surface area (Å²) in [5, 5.41) is 28.7. The summed E-state index contributed by atoms with van der Waals surface area (Å²) < 4.78 is 0. The first-order chi connectivity index (χ1) is 7.91. The maximum absolute atomic E-state index is 10.8. The van der Waals surface area contributed by atoms with E-state index >= 15 is 0 Å². The van der Waals surface area contributed by atoms with E-state index in [9.17, 15) is 10.1 Å². The molecule has 0 aromatic carbocycles. The molecule has 17 heavy (non-hydrogen) atoms. The summed E-state index contributed by atoms with van der Waals surface area (Å²) in [5.41, 5.74) is 0. The fourth-order valence-corrected chi connectivity index (χ4v) is 1.12. The topological polar surface area (TPSA) is 110 Å². The summed E-state index contributed by atoms with van der Waals surface area (Å²) in [6.07, 6.45) is 0. The predicted octanol–water partition coefficient (Wildman–Crippen LogP) is 0.493. The van der Waals surface area contributed by atoms with Crippen LogP contribution in [0.1, 0.15) is 27.7 Å². The van der Waals surface area contributed by atoms with Crippen LogP contribution in [-0.4, -0.2) is 37.5 Å². The molecule has 1 N–H and O–H groups in total. The van der Waals surface area contributed by atoms with Crippen molar-refractivity contribution in [3.8, 4) is 0 Å². The van der Waals surface area contributed by atoms with E-state index in [1.165, 1.54) is 0 Å². The van der Waals surface area contributed by atoms with Crippen molar-refractivity contribution in [1.82, 2.24) is 20.4 Å². The molecule has 0 bridgehead atoms. The third-order valence-electron chi connectivity index (χ3n) is 1.76. The van der Waals surface area contributed by atoms with E-state index in [1.54, 1.807) is 13.8 Å². The van der Waals surface area contributed by atoms with Gasteiger partial charge in [-0.1, -0.05) is 5.01 Å². The van der Waals surface area contributed by atoms with Crippen LogP contribution in [0, 0.1) is 10.1 Å². The summed E-state index contributed by atoms with van der Waals surface area (Å²) in [6, 6.07) is -0.237. The minimum absolute atomic E-state index is 0.126. The standard InChI is InChI=1S/C8H15N7O2/c1-5(2)9-7-10-12-8(13-11-7)14(6(3)4)15(16)17/h5-6H,1-4H3,(H,9,10,11). The van der Waals surface area contributed by atoms with Crippen LogP contribution in [0.15, 0.2) is 0 Å². The monoisotopic (exact) mass is 241 g/mol. The number of nitrogens with one attached hydrogen (secondary N) is 1. The average molecular weight is 241 g/mol. The molecule has 0 atom stereocenters. The first kappa shape index (κ1) is 13.0. The lowest BCUT2D eigenvalue weighted by Gasteiger charge is -2.14. The molecule has 0 radical (unpaired) electrons. The third kappa shape index (κ3) is 3.47. The molecule has 0 saturated carbocycles. The number of nitro groups is 1. The van der Waals surface area contributed by atoms with Crippen molar-refractivity contribution in [2.45, 2.75) is 39.8 Å². The summed E-state index contributed by atoms with van der Waals surface area (Å²) in [6.45, 7) is 7.14. The Balaban J connectivity index is 2.88. The van der Waals surface area contributed by atoms with Gasteiger partial charge >= 0.3 is 5.95 Å². The lowest BCUT2D eigenvalue weighted by Crippen LogP contribution is -2.38. The highest BCUT2D eigenvalue weighted by molar-refractivity contribution is 5.27. The van der Waals surface area contributed by atoms with Gasteiger partial charge in [-0.2, -0.15) is 0 Å². The highest BCUT2D eigenvalue weighted by Crippen LogP contribution is 2.09. The third-order valence-corrected chi connectivity index (χ3v) is 1.76. The van der Waals surface area contributed by atoms with Crippen LogP contribution >= 0.6 is 0 Å². The molecule has 1 heterocycles. The minimum Gasteiger partial charge on any atom is -0.349 e. The van der Waals surface area contributed by atoms with Crippen molar-refractivity contribution in [3.63, 3.8) is 0 Å². The molecule has 0 aliphatic rings. The second-order valence-corrected chi connectivity index (χ2v) is 4.00. The molecule has 9 nitrogen and oxygen atoms in total. The molecular formula is C8H15N7O2. The summed E-state index contributed by atoms with van der Waals surface area (Å²) in [4.78, 5) is 10.8. The van der Waals surface area contributed by atoms with Crippen molar-refractivity contribution in [1.29, 1.82) is 0 Å². The molecular weight excluding hydrogens is 226 g/mol. The smallest absolute Gasteiger partial charge is 0.326 e. The molecule has 0 saturated heterocycles. The molecule has 0 unspecified atom stereocenters. The van der Waals surface area contributed by atoms with Gasteiger partial charge in [-0.05, 0) is 27.7 Å². The zero-order valence-electron chi connectivity index (χ0n) is 10.2. The lowest BCUT2D eigenvalue weighted by molar-refractivity contribution is -0.500. The van der Waals surface area contributed by atoms with Gasteiger partial charge in [0.2, 0.25) is 0 Å². The van der Waals surface area contributed by atoms with Crippen LogP contribution in [0.4, 0.5) is 11.9 Å². The molecule has 94 valence electrons. The summed E-state index contributed by atoms with van der Waals surface area (Å²) >= 11 is 0. The van der Waals surface area contributed by atoms with Crippen molar-refractivity contribution >= 4 is 11.9 Å². The maximum Gasteiger partial charge on any atom is 0.326 e. The highest BCUT2D eigenvalue weighted by Gasteiger charge is 2.25. The van der Waals surface area contributed by atoms with Crippen LogP contribution in [0.25, 0.3) is 0 Å². The maximum atomic E-state index is 10.8. The van der Waals surface area contributed by atoms with Crippen molar-refractivity contribution in [2.75, 3.05) is 10.3 Å². The Morgan fingerprint density at radius 1 is 1.18 bits per heavy atom. The van der Waals surface area contributed by atoms with Crippen LogP contribution in [0.3, 0.4) is 0 Å². The molecule has 1 aromatic rings. The van der Waals surface area contributed by atoms with Gasteiger partial charge in [-0.3, -0.25) is 0 Å². The van der Waals surface area contributed by atoms with Gasteiger partial charge in [-0.25, -0.2) is 10.1 Å². The second kappa shape index (κ2) is 5.32. The summed E-state index contributed by atoms with van der Waals surface area (Å²) in [5.74, 6) is 0.120. The number of hydrogen-bond donors (Lipinski definition) is 1. The Morgan fingerprint density at radius 3 is 2.06 bits per heavy atom. The fourth-order valence-electron chi connectivity index (χ4n) is 1.12. The Morgan fingerprint density at radius 2 is 1.71 bits per heavy atom. The molecule has 1 aromatic heterocycles. The van der Waals surface area contributed by atoms with Gasteiger partial charge in [0.05, 0.1) is 6.04 Å². The van der Waals surface area contributed by atoms with Crippen LogP contribution < -0.4 is 10.3 Å². The normalized spacial score (nSPS) is 10.7. The minimum atomic E-state index is -0.584. The van der Waals surface area contributed by atoms with Crippen molar-refractivity contribution < 1.29 is 5.03 Å². The van der Waals surface area contributed by atoms with Gasteiger partial charge in [0, 0.05) is 6.04 Å². The van der Waals surface area contributed by atoms with Gasteiger partial charge < -0.3 is 5.32 Å². The fraction of sp³-hybridized carbons (Fsp3) is 0.750. The Hall–Kier alpha value is -2.06. The Labute approximate surface area is 98.4 Å². The molecule has 9 heteroatoms. The van der Waals surface area contributed by atoms with Crippen LogP contribution in [-0.2, 0) is 0 Å². The SMILES string of the molecule is CC(C)Nc1nnc(N(C(C)C)[N+](=O)[O-])nn1. The quantitative estimate of drug-likeness (QED) is 0.585. The first-order valence-corrected chi connectivity index (χ1v) is 5.19. The van der Waals surface area contributed by atoms with E-state index in [-0.39, 0.29) is 24.0 Å². The van der Waals surface area contributed by atoms with E-state index in [0.29, 0.717) is 0 Å². The van der Waals surface area contributed by atoms with Crippen LogP contribution in [0.2, 0.25) is 0 Å². The van der Waals surface area contributed by atoms with E-state index in [4.69, 9.17) is 0 Å². The van der Waals surface area contributed by atoms with E-state index < -0.39 is 5.03 Å². The molecule has 1 rings (SSSR count). The van der Waals surface area contributed by atoms with Gasteiger partial charge in [0.1, 0.15) is 0 Å². The number of anilines is 2. The second-order valence-electron chi connectivity index (χ2n) is 4.00. The predicted molar refractivity (Wildman–Crippen MR) is 61.0 cm³/mol. The highest BCUT2D eigenvalue weighted by atomic mass is 16.7. The average Bonchev–Trinajstić information content (AvgIpc) is 2.18. The molecule has 0 aliphatic heterocycles. The number of hydrogen-bond acceptors (Lipinski definition) is 7. The Bertz CT molecular complexity index is 378. The van der Waals surface area contributed by atoms with Gasteiger partial charge in [0.15, 0.2) is 5.03 Å². The summed E-state index contributed by atoms with van der Waals surface area (Å²) in [7, 11) is 0. The number of rotatable bonds is 5. The van der Waals surface area contributed by atoms with Crippen LogP contribution in [0.5, 0.6) is 0 Å².